The molecule has 0 saturated carbocycles. The van der Waals surface area contributed by atoms with Crippen molar-refractivity contribution in [2.45, 2.75) is 44.5 Å². The molecule has 2 nitrogen and oxygen atoms in total. The Balaban J connectivity index is 2.32. The number of alkyl halides is 6. The zero-order valence-electron chi connectivity index (χ0n) is 14.0. The lowest BCUT2D eigenvalue weighted by atomic mass is 9.91. The molecule has 3 rings (SSSR count). The Morgan fingerprint density at radius 2 is 1.07 bits per heavy atom. The summed E-state index contributed by atoms with van der Waals surface area (Å²) < 4.78 is 86.9. The van der Waals surface area contributed by atoms with Gasteiger partial charge in [0.2, 0.25) is 0 Å². The highest BCUT2D eigenvalue weighted by Crippen LogP contribution is 2.66. The number of aliphatic hydroxyl groups excluding tert-OH is 2. The molecule has 0 unspecified atom stereocenters. The van der Waals surface area contributed by atoms with Crippen molar-refractivity contribution in [1.29, 1.82) is 0 Å². The summed E-state index contributed by atoms with van der Waals surface area (Å²) in [6.45, 7) is 2.71. The molecular weight excluding hydrogens is 414 g/mol. The standard InChI is InChI=1S/C17H14F6O2S2/c1-7-11(3-9(5-24)26-7)13-14(12-4-10(6-25)27-8(12)2)16(20,21)17(22,23)15(13,18)19/h5-6,24-25H,3-4H2,1-2H3. The van der Waals surface area contributed by atoms with Gasteiger partial charge in [0, 0.05) is 33.8 Å². The van der Waals surface area contributed by atoms with Crippen LogP contribution in [0.15, 0.2) is 54.4 Å². The summed E-state index contributed by atoms with van der Waals surface area (Å²) in [7, 11) is 0. The maximum atomic E-state index is 14.6. The van der Waals surface area contributed by atoms with Crippen LogP contribution in [0, 0.1) is 0 Å². The summed E-state index contributed by atoms with van der Waals surface area (Å²) in [6, 6.07) is 0. The Morgan fingerprint density at radius 3 is 1.33 bits per heavy atom. The Bertz CT molecular complexity index is 797. The van der Waals surface area contributed by atoms with Gasteiger partial charge in [0.15, 0.2) is 0 Å². The van der Waals surface area contributed by atoms with Gasteiger partial charge in [-0.25, -0.2) is 0 Å². The molecule has 0 aromatic carbocycles. The fourth-order valence-corrected chi connectivity index (χ4v) is 5.28. The van der Waals surface area contributed by atoms with Gasteiger partial charge in [0.1, 0.15) is 0 Å². The van der Waals surface area contributed by atoms with Crippen molar-refractivity contribution < 1.29 is 36.6 Å². The van der Waals surface area contributed by atoms with E-state index in [0.29, 0.717) is 12.5 Å². The number of rotatable bonds is 2. The maximum Gasteiger partial charge on any atom is 0.380 e. The molecule has 27 heavy (non-hydrogen) atoms. The zero-order valence-corrected chi connectivity index (χ0v) is 15.7. The second-order valence-electron chi connectivity index (χ2n) is 6.29. The molecule has 0 amide bonds. The molecular formula is C17H14F6O2S2. The van der Waals surface area contributed by atoms with Gasteiger partial charge in [0.05, 0.1) is 12.5 Å². The van der Waals surface area contributed by atoms with E-state index in [-0.39, 0.29) is 43.6 Å². The van der Waals surface area contributed by atoms with Gasteiger partial charge in [0.25, 0.3) is 0 Å². The number of hydrogen-bond donors (Lipinski definition) is 2. The van der Waals surface area contributed by atoms with E-state index >= 15 is 0 Å². The second-order valence-corrected chi connectivity index (χ2v) is 8.97. The van der Waals surface area contributed by atoms with E-state index in [1.54, 1.807) is 0 Å². The van der Waals surface area contributed by atoms with Crippen LogP contribution in [0.1, 0.15) is 26.7 Å². The SMILES string of the molecule is CC1=C(C2=C(C3=C(C)SC(=CO)C3)C(F)(F)C(F)(F)C2(F)F)CC(=CO)S1. The van der Waals surface area contributed by atoms with E-state index in [1.807, 2.05) is 0 Å². The fraction of sp³-hybridized carbons (Fsp3) is 0.412. The van der Waals surface area contributed by atoms with Crippen molar-refractivity contribution in [3.63, 3.8) is 0 Å². The lowest BCUT2D eigenvalue weighted by Crippen LogP contribution is -2.49. The van der Waals surface area contributed by atoms with Gasteiger partial charge >= 0.3 is 17.8 Å². The minimum atomic E-state index is -5.60. The molecule has 0 aromatic rings. The van der Waals surface area contributed by atoms with Crippen molar-refractivity contribution >= 4 is 23.5 Å². The first kappa shape index (κ1) is 20.3. The van der Waals surface area contributed by atoms with Crippen LogP contribution in [0.2, 0.25) is 0 Å². The monoisotopic (exact) mass is 428 g/mol. The van der Waals surface area contributed by atoms with E-state index in [1.165, 1.54) is 13.8 Å². The third-order valence-electron chi connectivity index (χ3n) is 4.68. The summed E-state index contributed by atoms with van der Waals surface area (Å²) in [4.78, 5) is 0.702. The lowest BCUT2D eigenvalue weighted by molar-refractivity contribution is -0.264. The number of hydrogen-bond acceptors (Lipinski definition) is 4. The molecule has 0 spiro atoms. The molecule has 0 saturated heterocycles. The molecule has 2 heterocycles. The quantitative estimate of drug-likeness (QED) is 0.374. The molecule has 1 aliphatic carbocycles. The van der Waals surface area contributed by atoms with E-state index < -0.39 is 28.9 Å². The second kappa shape index (κ2) is 6.30. The minimum absolute atomic E-state index is 0.151. The average molecular weight is 428 g/mol. The van der Waals surface area contributed by atoms with Crippen LogP contribution in [-0.4, -0.2) is 28.0 Å². The number of aliphatic hydroxyl groups is 2. The summed E-state index contributed by atoms with van der Waals surface area (Å²) in [5, 5.41) is 18.2. The summed E-state index contributed by atoms with van der Waals surface area (Å²) in [5.74, 6) is -15.8. The van der Waals surface area contributed by atoms with Crippen molar-refractivity contribution in [3.8, 4) is 0 Å². The fourth-order valence-electron chi connectivity index (χ4n) is 3.36. The van der Waals surface area contributed by atoms with Crippen LogP contribution in [-0.2, 0) is 0 Å². The van der Waals surface area contributed by atoms with Gasteiger partial charge in [-0.2, -0.15) is 26.3 Å². The molecule has 0 fully saturated rings. The van der Waals surface area contributed by atoms with Crippen molar-refractivity contribution in [2.24, 2.45) is 0 Å². The third kappa shape index (κ3) is 2.66. The zero-order chi connectivity index (χ0) is 20.4. The molecule has 2 N–H and O–H groups in total. The Kier molecular flexibility index (Phi) is 4.74. The smallest absolute Gasteiger partial charge is 0.380 e. The van der Waals surface area contributed by atoms with Crippen LogP contribution in [0.5, 0.6) is 0 Å². The molecule has 148 valence electrons. The number of halogens is 6. The average Bonchev–Trinajstić information content (AvgIpc) is 3.16. The first-order valence-electron chi connectivity index (χ1n) is 7.71. The van der Waals surface area contributed by atoms with E-state index in [2.05, 4.69) is 0 Å². The highest BCUT2D eigenvalue weighted by Gasteiger charge is 2.80. The van der Waals surface area contributed by atoms with Gasteiger partial charge < -0.3 is 10.2 Å². The van der Waals surface area contributed by atoms with Gasteiger partial charge in [-0.15, -0.1) is 0 Å². The Labute approximate surface area is 159 Å². The Hall–Kier alpha value is -1.42. The van der Waals surface area contributed by atoms with E-state index in [4.69, 9.17) is 10.2 Å². The number of thioether (sulfide) groups is 2. The molecule has 0 atom stereocenters. The molecule has 3 aliphatic rings. The summed E-state index contributed by atoms with van der Waals surface area (Å²) >= 11 is 1.75. The van der Waals surface area contributed by atoms with E-state index in [9.17, 15) is 26.3 Å². The molecule has 2 aliphatic heterocycles. The third-order valence-corrected chi connectivity index (χ3v) is 6.81. The molecule has 0 bridgehead atoms. The van der Waals surface area contributed by atoms with Crippen molar-refractivity contribution in [3.05, 3.63) is 54.4 Å². The molecule has 10 heteroatoms. The number of allylic oxidation sites excluding steroid dienone is 8. The highest BCUT2D eigenvalue weighted by molar-refractivity contribution is 8.07. The normalized spacial score (nSPS) is 29.8. The van der Waals surface area contributed by atoms with Crippen LogP contribution in [0.3, 0.4) is 0 Å². The van der Waals surface area contributed by atoms with E-state index in [0.717, 1.165) is 23.5 Å². The highest BCUT2D eigenvalue weighted by atomic mass is 32.2. The van der Waals surface area contributed by atoms with Gasteiger partial charge in [-0.1, -0.05) is 23.5 Å². The first-order valence-corrected chi connectivity index (χ1v) is 9.34. The lowest BCUT2D eigenvalue weighted by Gasteiger charge is -2.26. The van der Waals surface area contributed by atoms with Crippen LogP contribution in [0.4, 0.5) is 26.3 Å². The predicted molar refractivity (Wildman–Crippen MR) is 93.1 cm³/mol. The topological polar surface area (TPSA) is 40.5 Å². The first-order chi connectivity index (χ1) is 12.4. The van der Waals surface area contributed by atoms with Crippen LogP contribution in [0.25, 0.3) is 0 Å². The maximum absolute atomic E-state index is 14.6. The molecule has 0 aromatic heterocycles. The van der Waals surface area contributed by atoms with Crippen molar-refractivity contribution in [1.82, 2.24) is 0 Å². The Morgan fingerprint density at radius 1 is 0.741 bits per heavy atom. The van der Waals surface area contributed by atoms with Crippen molar-refractivity contribution in [2.75, 3.05) is 0 Å². The van der Waals surface area contributed by atoms with Gasteiger partial charge in [-0.3, -0.25) is 0 Å². The van der Waals surface area contributed by atoms with Crippen LogP contribution < -0.4 is 0 Å². The molecule has 0 radical (unpaired) electrons. The minimum Gasteiger partial charge on any atom is -0.515 e. The summed E-state index contributed by atoms with van der Waals surface area (Å²) in [6.07, 6.45) is 0.617. The largest absolute Gasteiger partial charge is 0.515 e. The van der Waals surface area contributed by atoms with Gasteiger partial charge in [-0.05, 0) is 34.8 Å². The predicted octanol–water partition coefficient (Wildman–Crippen LogP) is 6.82. The summed E-state index contributed by atoms with van der Waals surface area (Å²) in [5.41, 5.74) is -3.42. The van der Waals surface area contributed by atoms with Crippen LogP contribution >= 0.6 is 23.5 Å².